The van der Waals surface area contributed by atoms with Crippen LogP contribution in [0.2, 0.25) is 0 Å². The van der Waals surface area contributed by atoms with Gasteiger partial charge in [-0.25, -0.2) is 0 Å². The standard InChI is InChI=1S/C14H14I2O2Si/c1-17-19(18-2,11-7-4-3-5-8-11)13-10-6-9-12(15)14(13)16/h3-10H,1-2H3. The summed E-state index contributed by atoms with van der Waals surface area (Å²) in [6.07, 6.45) is 0. The van der Waals surface area contributed by atoms with Gasteiger partial charge in [-0.3, -0.25) is 0 Å². The van der Waals surface area contributed by atoms with Gasteiger partial charge in [-0.15, -0.1) is 0 Å². The fourth-order valence-corrected chi connectivity index (χ4v) is 7.05. The summed E-state index contributed by atoms with van der Waals surface area (Å²) in [6, 6.07) is 16.5. The van der Waals surface area contributed by atoms with Crippen molar-refractivity contribution < 1.29 is 8.85 Å². The van der Waals surface area contributed by atoms with Crippen LogP contribution in [-0.2, 0) is 8.85 Å². The lowest BCUT2D eigenvalue weighted by atomic mass is 10.4. The molecule has 100 valence electrons. The van der Waals surface area contributed by atoms with E-state index in [1.807, 2.05) is 18.2 Å². The second kappa shape index (κ2) is 6.66. The third-order valence-corrected chi connectivity index (χ3v) is 10.0. The summed E-state index contributed by atoms with van der Waals surface area (Å²) in [5.74, 6) is 0. The van der Waals surface area contributed by atoms with Crippen molar-refractivity contribution >= 4 is 64.1 Å². The van der Waals surface area contributed by atoms with Crippen LogP contribution in [0, 0.1) is 7.14 Å². The predicted molar refractivity (Wildman–Crippen MR) is 97.4 cm³/mol. The van der Waals surface area contributed by atoms with Crippen LogP contribution < -0.4 is 10.4 Å². The summed E-state index contributed by atoms with van der Waals surface area (Å²) in [5.41, 5.74) is 0. The molecular formula is C14H14I2O2Si. The van der Waals surface area contributed by atoms with Crippen LogP contribution >= 0.6 is 45.2 Å². The van der Waals surface area contributed by atoms with E-state index in [0.29, 0.717) is 0 Å². The molecule has 0 radical (unpaired) electrons. The van der Waals surface area contributed by atoms with Gasteiger partial charge < -0.3 is 8.85 Å². The Balaban J connectivity index is 2.66. The number of halogens is 2. The van der Waals surface area contributed by atoms with E-state index in [-0.39, 0.29) is 0 Å². The third kappa shape index (κ3) is 2.89. The first-order valence-electron chi connectivity index (χ1n) is 5.76. The van der Waals surface area contributed by atoms with Gasteiger partial charge in [0.25, 0.3) is 0 Å². The van der Waals surface area contributed by atoms with Gasteiger partial charge in [0.15, 0.2) is 0 Å². The Bertz CT molecular complexity index is 557. The average Bonchev–Trinajstić information content (AvgIpc) is 2.46. The van der Waals surface area contributed by atoms with Crippen molar-refractivity contribution in [3.8, 4) is 0 Å². The highest BCUT2D eigenvalue weighted by Gasteiger charge is 2.42. The Morgan fingerprint density at radius 2 is 1.47 bits per heavy atom. The molecule has 0 N–H and O–H groups in total. The molecule has 0 aromatic heterocycles. The highest BCUT2D eigenvalue weighted by Crippen LogP contribution is 2.17. The molecule has 0 amide bonds. The summed E-state index contributed by atoms with van der Waals surface area (Å²) < 4.78 is 14.2. The lowest BCUT2D eigenvalue weighted by Gasteiger charge is -2.29. The summed E-state index contributed by atoms with van der Waals surface area (Å²) >= 11 is 4.72. The maximum atomic E-state index is 5.90. The van der Waals surface area contributed by atoms with E-state index < -0.39 is 8.56 Å². The molecule has 19 heavy (non-hydrogen) atoms. The van der Waals surface area contributed by atoms with Gasteiger partial charge >= 0.3 is 8.56 Å². The minimum atomic E-state index is -2.58. The first-order chi connectivity index (χ1) is 9.15. The Kier molecular flexibility index (Phi) is 5.41. The quantitative estimate of drug-likeness (QED) is 0.479. The van der Waals surface area contributed by atoms with Crippen LogP contribution in [0.15, 0.2) is 48.5 Å². The number of hydrogen-bond acceptors (Lipinski definition) is 2. The van der Waals surface area contributed by atoms with Crippen molar-refractivity contribution in [3.05, 3.63) is 55.7 Å². The van der Waals surface area contributed by atoms with E-state index in [1.54, 1.807) is 14.2 Å². The topological polar surface area (TPSA) is 18.5 Å². The molecule has 0 aliphatic carbocycles. The first-order valence-corrected chi connectivity index (χ1v) is 9.73. The molecule has 2 rings (SSSR count). The van der Waals surface area contributed by atoms with Crippen molar-refractivity contribution in [2.45, 2.75) is 0 Å². The second-order valence-corrected chi connectivity index (χ2v) is 9.40. The molecule has 0 unspecified atom stereocenters. The zero-order chi connectivity index (χ0) is 13.9. The first kappa shape index (κ1) is 15.4. The Morgan fingerprint density at radius 3 is 2.05 bits per heavy atom. The predicted octanol–water partition coefficient (Wildman–Crippen LogP) is 2.75. The van der Waals surface area contributed by atoms with E-state index in [0.717, 1.165) is 10.4 Å². The van der Waals surface area contributed by atoms with Crippen LogP contribution in [0.1, 0.15) is 0 Å². The van der Waals surface area contributed by atoms with Crippen LogP contribution in [0.25, 0.3) is 0 Å². The minimum absolute atomic E-state index is 1.12. The number of hydrogen-bond donors (Lipinski definition) is 0. The normalized spacial score (nSPS) is 11.6. The van der Waals surface area contributed by atoms with Gasteiger partial charge in [0.2, 0.25) is 0 Å². The van der Waals surface area contributed by atoms with Crippen LogP contribution in [0.4, 0.5) is 0 Å². The van der Waals surface area contributed by atoms with E-state index in [4.69, 9.17) is 8.85 Å². The summed E-state index contributed by atoms with van der Waals surface area (Å²) in [4.78, 5) is 0. The van der Waals surface area contributed by atoms with Crippen molar-refractivity contribution in [1.29, 1.82) is 0 Å². The average molecular weight is 496 g/mol. The summed E-state index contributed by atoms with van der Waals surface area (Å²) in [7, 11) is 0.886. The maximum Gasteiger partial charge on any atom is 0.407 e. The largest absolute Gasteiger partial charge is 0.407 e. The minimum Gasteiger partial charge on any atom is -0.391 e. The lowest BCUT2D eigenvalue weighted by molar-refractivity contribution is 0.272. The smallest absolute Gasteiger partial charge is 0.391 e. The second-order valence-electron chi connectivity index (χ2n) is 3.99. The zero-order valence-electron chi connectivity index (χ0n) is 10.7. The Labute approximate surface area is 142 Å². The van der Waals surface area contributed by atoms with E-state index >= 15 is 0 Å². The zero-order valence-corrected chi connectivity index (χ0v) is 16.0. The van der Waals surface area contributed by atoms with Gasteiger partial charge in [0.1, 0.15) is 0 Å². The van der Waals surface area contributed by atoms with E-state index in [2.05, 4.69) is 75.5 Å². The fourth-order valence-electron chi connectivity index (χ4n) is 2.11. The summed E-state index contributed by atoms with van der Waals surface area (Å²) in [6.45, 7) is 0. The molecule has 2 aromatic rings. The Morgan fingerprint density at radius 1 is 0.842 bits per heavy atom. The van der Waals surface area contributed by atoms with Gasteiger partial charge in [0.05, 0.1) is 0 Å². The molecule has 0 aliphatic rings. The van der Waals surface area contributed by atoms with Crippen molar-refractivity contribution in [2.75, 3.05) is 14.2 Å². The molecule has 0 aliphatic heterocycles. The van der Waals surface area contributed by atoms with Crippen LogP contribution in [0.3, 0.4) is 0 Å². The van der Waals surface area contributed by atoms with Crippen LogP contribution in [-0.4, -0.2) is 22.8 Å². The number of benzene rings is 2. The highest BCUT2D eigenvalue weighted by molar-refractivity contribution is 14.1. The molecule has 0 bridgehead atoms. The van der Waals surface area contributed by atoms with Crippen molar-refractivity contribution in [2.24, 2.45) is 0 Å². The van der Waals surface area contributed by atoms with Crippen molar-refractivity contribution in [1.82, 2.24) is 0 Å². The monoisotopic (exact) mass is 496 g/mol. The highest BCUT2D eigenvalue weighted by atomic mass is 127. The molecule has 2 aromatic carbocycles. The third-order valence-electron chi connectivity index (χ3n) is 3.03. The molecule has 0 saturated heterocycles. The van der Waals surface area contributed by atoms with Gasteiger partial charge in [-0.2, -0.15) is 0 Å². The van der Waals surface area contributed by atoms with Gasteiger partial charge in [0, 0.05) is 26.5 Å². The molecule has 5 heteroatoms. The summed E-state index contributed by atoms with van der Waals surface area (Å²) in [5, 5.41) is 2.29. The van der Waals surface area contributed by atoms with Crippen LogP contribution in [0.5, 0.6) is 0 Å². The van der Waals surface area contributed by atoms with Gasteiger partial charge in [-0.05, 0) is 56.4 Å². The van der Waals surface area contributed by atoms with E-state index in [1.165, 1.54) is 7.14 Å². The molecule has 0 spiro atoms. The van der Waals surface area contributed by atoms with Gasteiger partial charge in [-0.1, -0.05) is 42.5 Å². The Hall–Kier alpha value is 0.0369. The number of rotatable bonds is 4. The molecule has 0 heterocycles. The molecule has 0 saturated carbocycles. The maximum absolute atomic E-state index is 5.90. The fraction of sp³-hybridized carbons (Fsp3) is 0.143. The lowest BCUT2D eigenvalue weighted by Crippen LogP contribution is -2.63. The SMILES string of the molecule is CO[Si](OC)(c1ccccc1)c1cccc(I)c1I. The molecular weight excluding hydrogens is 482 g/mol. The van der Waals surface area contributed by atoms with Crippen molar-refractivity contribution in [3.63, 3.8) is 0 Å². The molecule has 0 atom stereocenters. The molecule has 0 fully saturated rings. The molecule has 2 nitrogen and oxygen atoms in total. The van der Waals surface area contributed by atoms with E-state index in [9.17, 15) is 0 Å².